The zero-order chi connectivity index (χ0) is 14.2. The van der Waals surface area contributed by atoms with Crippen molar-refractivity contribution >= 4 is 11.3 Å². The van der Waals surface area contributed by atoms with E-state index in [1.807, 2.05) is 29.3 Å². The Morgan fingerprint density at radius 2 is 2.30 bits per heavy atom. The maximum Gasteiger partial charge on any atom is 0.0639 e. The Morgan fingerprint density at radius 1 is 1.40 bits per heavy atom. The largest absolute Gasteiger partial charge is 0.314 e. The summed E-state index contributed by atoms with van der Waals surface area (Å²) in [4.78, 5) is 1.50. The predicted octanol–water partition coefficient (Wildman–Crippen LogP) is 3.42. The summed E-state index contributed by atoms with van der Waals surface area (Å²) < 4.78 is 1.89. The average molecular weight is 291 g/mol. The molecule has 2 heterocycles. The molecule has 1 atom stereocenters. The third kappa shape index (κ3) is 5.10. The predicted molar refractivity (Wildman–Crippen MR) is 86.3 cm³/mol. The molecule has 4 heteroatoms. The first-order valence-electron chi connectivity index (χ1n) is 7.52. The van der Waals surface area contributed by atoms with Gasteiger partial charge in [0.05, 0.1) is 5.69 Å². The highest BCUT2D eigenvalue weighted by Gasteiger charge is 2.10. The third-order valence-corrected chi connectivity index (χ3v) is 4.40. The van der Waals surface area contributed by atoms with Gasteiger partial charge < -0.3 is 5.32 Å². The fraction of sp³-hybridized carbons (Fsp3) is 0.562. The second kappa shape index (κ2) is 8.22. The molecule has 2 rings (SSSR count). The van der Waals surface area contributed by atoms with Gasteiger partial charge in [-0.25, -0.2) is 0 Å². The molecule has 2 aromatic rings. The Morgan fingerprint density at radius 3 is 2.95 bits per heavy atom. The molecule has 0 aliphatic rings. The van der Waals surface area contributed by atoms with Gasteiger partial charge >= 0.3 is 0 Å². The second-order valence-electron chi connectivity index (χ2n) is 5.31. The molecule has 0 aliphatic carbocycles. The van der Waals surface area contributed by atoms with Crippen molar-refractivity contribution in [3.05, 3.63) is 40.3 Å². The average Bonchev–Trinajstić information content (AvgIpc) is 3.08. The van der Waals surface area contributed by atoms with Crippen molar-refractivity contribution in [2.45, 2.75) is 45.1 Å². The number of hydrogen-bond donors (Lipinski definition) is 1. The van der Waals surface area contributed by atoms with E-state index in [4.69, 9.17) is 0 Å². The lowest BCUT2D eigenvalue weighted by molar-refractivity contribution is 0.460. The van der Waals surface area contributed by atoms with Gasteiger partial charge in [0.1, 0.15) is 0 Å². The molecule has 1 unspecified atom stereocenters. The summed E-state index contributed by atoms with van der Waals surface area (Å²) >= 11 is 1.86. The van der Waals surface area contributed by atoms with Crippen LogP contribution in [-0.4, -0.2) is 22.4 Å². The number of rotatable bonds is 9. The number of hydrogen-bond acceptors (Lipinski definition) is 3. The quantitative estimate of drug-likeness (QED) is 0.767. The van der Waals surface area contributed by atoms with E-state index < -0.39 is 0 Å². The van der Waals surface area contributed by atoms with Gasteiger partial charge in [0.2, 0.25) is 0 Å². The molecule has 0 saturated heterocycles. The molecule has 0 radical (unpaired) electrons. The number of aromatic nitrogens is 2. The van der Waals surface area contributed by atoms with E-state index in [1.54, 1.807) is 0 Å². The van der Waals surface area contributed by atoms with Crippen LogP contribution in [0.5, 0.6) is 0 Å². The summed E-state index contributed by atoms with van der Waals surface area (Å²) in [6, 6.07) is 7.04. The van der Waals surface area contributed by atoms with Crippen LogP contribution in [-0.2, 0) is 19.9 Å². The van der Waals surface area contributed by atoms with Gasteiger partial charge in [-0.2, -0.15) is 5.10 Å². The van der Waals surface area contributed by atoms with Crippen LogP contribution in [0.1, 0.15) is 36.8 Å². The molecule has 1 N–H and O–H groups in total. The van der Waals surface area contributed by atoms with Crippen molar-refractivity contribution in [2.75, 3.05) is 6.54 Å². The van der Waals surface area contributed by atoms with Gasteiger partial charge in [-0.15, -0.1) is 11.3 Å². The topological polar surface area (TPSA) is 29.9 Å². The molecule has 0 aliphatic heterocycles. The summed E-state index contributed by atoms with van der Waals surface area (Å²) in [6.07, 6.45) is 7.90. The zero-order valence-electron chi connectivity index (χ0n) is 12.5. The van der Waals surface area contributed by atoms with Crippen LogP contribution in [0.3, 0.4) is 0 Å². The maximum atomic E-state index is 4.50. The van der Waals surface area contributed by atoms with Gasteiger partial charge in [0, 0.05) is 30.6 Å². The molecule has 3 nitrogen and oxygen atoms in total. The fourth-order valence-electron chi connectivity index (χ4n) is 2.43. The molecule has 2 aromatic heterocycles. The smallest absolute Gasteiger partial charge is 0.0639 e. The summed E-state index contributed by atoms with van der Waals surface area (Å²) in [7, 11) is 1.98. The summed E-state index contributed by atoms with van der Waals surface area (Å²) in [5.41, 5.74) is 1.19. The highest BCUT2D eigenvalue weighted by atomic mass is 32.1. The lowest BCUT2D eigenvalue weighted by Gasteiger charge is -2.17. The van der Waals surface area contributed by atoms with Gasteiger partial charge in [0.15, 0.2) is 0 Å². The minimum Gasteiger partial charge on any atom is -0.314 e. The third-order valence-electron chi connectivity index (χ3n) is 3.46. The number of thiophene rings is 1. The molecule has 110 valence electrons. The molecule has 0 bridgehead atoms. The van der Waals surface area contributed by atoms with Crippen LogP contribution in [0.25, 0.3) is 0 Å². The van der Waals surface area contributed by atoms with Gasteiger partial charge in [-0.1, -0.05) is 13.0 Å². The van der Waals surface area contributed by atoms with Gasteiger partial charge in [-0.3, -0.25) is 4.68 Å². The Bertz CT molecular complexity index is 476. The van der Waals surface area contributed by atoms with E-state index in [9.17, 15) is 0 Å². The normalized spacial score (nSPS) is 12.7. The first-order chi connectivity index (χ1) is 9.78. The zero-order valence-corrected chi connectivity index (χ0v) is 13.3. The van der Waals surface area contributed by atoms with Crippen molar-refractivity contribution in [2.24, 2.45) is 7.05 Å². The first-order valence-corrected chi connectivity index (χ1v) is 8.40. The molecule has 0 aromatic carbocycles. The van der Waals surface area contributed by atoms with Crippen LogP contribution >= 0.6 is 11.3 Å². The van der Waals surface area contributed by atoms with Crippen LogP contribution in [0.15, 0.2) is 29.8 Å². The molecular formula is C16H25N3S. The van der Waals surface area contributed by atoms with Gasteiger partial charge in [-0.05, 0) is 49.7 Å². The molecule has 0 saturated carbocycles. The van der Waals surface area contributed by atoms with E-state index >= 15 is 0 Å². The van der Waals surface area contributed by atoms with Crippen molar-refractivity contribution in [3.8, 4) is 0 Å². The molecule has 20 heavy (non-hydrogen) atoms. The van der Waals surface area contributed by atoms with E-state index in [1.165, 1.54) is 36.3 Å². The summed E-state index contributed by atoms with van der Waals surface area (Å²) in [5.74, 6) is 0. The Kier molecular flexibility index (Phi) is 6.27. The monoisotopic (exact) mass is 291 g/mol. The van der Waals surface area contributed by atoms with Crippen molar-refractivity contribution < 1.29 is 0 Å². The van der Waals surface area contributed by atoms with Crippen LogP contribution in [0.2, 0.25) is 0 Å². The van der Waals surface area contributed by atoms with E-state index in [0.29, 0.717) is 6.04 Å². The minimum absolute atomic E-state index is 0.546. The molecular weight excluding hydrogens is 266 g/mol. The van der Waals surface area contributed by atoms with Crippen LogP contribution in [0.4, 0.5) is 0 Å². The van der Waals surface area contributed by atoms with Gasteiger partial charge in [0.25, 0.3) is 0 Å². The standard InChI is InChI=1S/C16H25N3S/c1-3-10-17-14(13-15-9-11-19(2)18-15)6-4-7-16-8-5-12-20-16/h5,8-9,11-12,14,17H,3-4,6-7,10,13H2,1-2H3. The highest BCUT2D eigenvalue weighted by molar-refractivity contribution is 7.09. The van der Waals surface area contributed by atoms with Crippen molar-refractivity contribution in [1.82, 2.24) is 15.1 Å². The second-order valence-corrected chi connectivity index (χ2v) is 6.34. The van der Waals surface area contributed by atoms with E-state index in [0.717, 1.165) is 13.0 Å². The molecule has 0 spiro atoms. The Balaban J connectivity index is 1.79. The van der Waals surface area contributed by atoms with Crippen LogP contribution < -0.4 is 5.32 Å². The summed E-state index contributed by atoms with van der Waals surface area (Å²) in [5, 5.41) is 10.3. The van der Waals surface area contributed by atoms with Crippen molar-refractivity contribution in [1.29, 1.82) is 0 Å². The lowest BCUT2D eigenvalue weighted by atomic mass is 10.0. The molecule has 0 amide bonds. The van der Waals surface area contributed by atoms with E-state index in [-0.39, 0.29) is 0 Å². The Labute approximate surface area is 126 Å². The number of nitrogens with one attached hydrogen (secondary N) is 1. The first kappa shape index (κ1) is 15.3. The Hall–Kier alpha value is -1.13. The van der Waals surface area contributed by atoms with E-state index in [2.05, 4.69) is 40.9 Å². The highest BCUT2D eigenvalue weighted by Crippen LogP contribution is 2.14. The number of nitrogens with zero attached hydrogens (tertiary/aromatic N) is 2. The van der Waals surface area contributed by atoms with Crippen molar-refractivity contribution in [3.63, 3.8) is 0 Å². The minimum atomic E-state index is 0.546. The maximum absolute atomic E-state index is 4.50. The van der Waals surface area contributed by atoms with Crippen LogP contribution in [0, 0.1) is 0 Å². The summed E-state index contributed by atoms with van der Waals surface area (Å²) in [6.45, 7) is 3.31. The SMILES string of the molecule is CCCNC(CCCc1cccs1)Cc1ccn(C)n1. The number of aryl methyl sites for hydroxylation is 2. The fourth-order valence-corrected chi connectivity index (χ4v) is 3.18. The lowest BCUT2D eigenvalue weighted by Crippen LogP contribution is -2.32. The molecule has 0 fully saturated rings.